The van der Waals surface area contributed by atoms with Crippen LogP contribution in [0, 0.1) is 17.3 Å². The summed E-state index contributed by atoms with van der Waals surface area (Å²) in [6.45, 7) is 4.64. The smallest absolute Gasteiger partial charge is 0.00763 e. The van der Waals surface area contributed by atoms with Crippen molar-refractivity contribution in [3.63, 3.8) is 0 Å². The van der Waals surface area contributed by atoms with Crippen LogP contribution in [0.5, 0.6) is 0 Å². The summed E-state index contributed by atoms with van der Waals surface area (Å²) in [7, 11) is 0. The molecule has 0 amide bonds. The fourth-order valence-corrected chi connectivity index (χ4v) is 3.25. The Morgan fingerprint density at radius 1 is 1.00 bits per heavy atom. The number of fused-ring (bicyclic) bond motifs is 2. The van der Waals surface area contributed by atoms with Crippen LogP contribution < -0.4 is 11.5 Å². The summed E-state index contributed by atoms with van der Waals surface area (Å²) in [5.74, 6) is 1.37. The van der Waals surface area contributed by atoms with Crippen LogP contribution in [-0.4, -0.2) is 12.1 Å². The first-order chi connectivity index (χ1) is 5.03. The van der Waals surface area contributed by atoms with Gasteiger partial charge in [0.2, 0.25) is 0 Å². The van der Waals surface area contributed by atoms with Gasteiger partial charge in [-0.15, -0.1) is 0 Å². The Kier molecular flexibility index (Phi) is 1.37. The Hall–Kier alpha value is -0.0800. The minimum Gasteiger partial charge on any atom is -0.327 e. The molecule has 0 aromatic rings. The van der Waals surface area contributed by atoms with Gasteiger partial charge >= 0.3 is 0 Å². The van der Waals surface area contributed by atoms with Crippen molar-refractivity contribution in [2.45, 2.75) is 38.8 Å². The molecule has 4 atom stereocenters. The predicted molar refractivity (Wildman–Crippen MR) is 45.9 cm³/mol. The standard InChI is InChI=1S/C9H18N2/c1-9(2)5-3-7(10)6(9)4-8(5)11/h5-8H,3-4,10-11H2,1-2H3. The summed E-state index contributed by atoms with van der Waals surface area (Å²) >= 11 is 0. The van der Waals surface area contributed by atoms with Gasteiger partial charge in [0.05, 0.1) is 0 Å². The van der Waals surface area contributed by atoms with E-state index in [0.29, 0.717) is 29.3 Å². The molecule has 4 N–H and O–H groups in total. The monoisotopic (exact) mass is 154 g/mol. The van der Waals surface area contributed by atoms with E-state index in [-0.39, 0.29) is 0 Å². The van der Waals surface area contributed by atoms with E-state index in [4.69, 9.17) is 11.5 Å². The Bertz CT molecular complexity index is 158. The molecule has 0 aromatic heterocycles. The molecule has 11 heavy (non-hydrogen) atoms. The Balaban J connectivity index is 2.28. The fraction of sp³-hybridized carbons (Fsp3) is 1.00. The Labute approximate surface area is 68.3 Å². The summed E-state index contributed by atoms with van der Waals surface area (Å²) in [5, 5.41) is 0. The van der Waals surface area contributed by atoms with Crippen molar-refractivity contribution in [1.82, 2.24) is 0 Å². The van der Waals surface area contributed by atoms with Gasteiger partial charge in [-0.1, -0.05) is 13.8 Å². The zero-order chi connectivity index (χ0) is 8.22. The van der Waals surface area contributed by atoms with E-state index in [2.05, 4.69) is 13.8 Å². The van der Waals surface area contributed by atoms with Gasteiger partial charge in [0, 0.05) is 12.1 Å². The minimum absolute atomic E-state index is 0.416. The van der Waals surface area contributed by atoms with Crippen LogP contribution in [0.3, 0.4) is 0 Å². The van der Waals surface area contributed by atoms with Crippen LogP contribution in [0.25, 0.3) is 0 Å². The van der Waals surface area contributed by atoms with Gasteiger partial charge in [-0.05, 0) is 30.1 Å². The first-order valence-corrected chi connectivity index (χ1v) is 4.54. The molecular formula is C9H18N2. The SMILES string of the molecule is CC1(C)C2CC(N)C1CC2N. The van der Waals surface area contributed by atoms with Gasteiger partial charge in [-0.2, -0.15) is 0 Å². The highest BCUT2D eigenvalue weighted by atomic mass is 14.8. The van der Waals surface area contributed by atoms with Crippen LogP contribution in [-0.2, 0) is 0 Å². The maximum absolute atomic E-state index is 6.00. The number of nitrogens with two attached hydrogens (primary N) is 2. The molecule has 64 valence electrons. The molecule has 0 radical (unpaired) electrons. The molecule has 4 unspecified atom stereocenters. The molecule has 0 spiro atoms. The lowest BCUT2D eigenvalue weighted by atomic mass is 9.81. The third-order valence-electron chi connectivity index (χ3n) is 4.00. The van der Waals surface area contributed by atoms with E-state index in [9.17, 15) is 0 Å². The molecule has 2 aliphatic carbocycles. The molecule has 0 aliphatic heterocycles. The van der Waals surface area contributed by atoms with Gasteiger partial charge in [-0.3, -0.25) is 0 Å². The minimum atomic E-state index is 0.416. The topological polar surface area (TPSA) is 52.0 Å². The van der Waals surface area contributed by atoms with Gasteiger partial charge < -0.3 is 11.5 Å². The molecule has 2 saturated carbocycles. The highest BCUT2D eigenvalue weighted by Gasteiger charge is 2.55. The highest BCUT2D eigenvalue weighted by molar-refractivity contribution is 5.09. The Morgan fingerprint density at radius 2 is 1.36 bits per heavy atom. The molecular weight excluding hydrogens is 136 g/mol. The van der Waals surface area contributed by atoms with E-state index in [1.54, 1.807) is 0 Å². The molecule has 0 heterocycles. The lowest BCUT2D eigenvalue weighted by molar-refractivity contribution is 0.249. The van der Waals surface area contributed by atoms with Crippen molar-refractivity contribution < 1.29 is 0 Å². The van der Waals surface area contributed by atoms with Crippen molar-refractivity contribution >= 4 is 0 Å². The van der Waals surface area contributed by atoms with Gasteiger partial charge in [0.15, 0.2) is 0 Å². The van der Waals surface area contributed by atoms with Crippen LogP contribution in [0.2, 0.25) is 0 Å². The van der Waals surface area contributed by atoms with Crippen LogP contribution in [0.1, 0.15) is 26.7 Å². The summed E-state index contributed by atoms with van der Waals surface area (Å²) in [4.78, 5) is 0. The van der Waals surface area contributed by atoms with Gasteiger partial charge in [0.1, 0.15) is 0 Å². The fourth-order valence-electron chi connectivity index (χ4n) is 3.25. The maximum Gasteiger partial charge on any atom is 0.00763 e. The zero-order valence-electron chi connectivity index (χ0n) is 7.38. The Morgan fingerprint density at radius 3 is 1.55 bits per heavy atom. The van der Waals surface area contributed by atoms with Crippen LogP contribution in [0.15, 0.2) is 0 Å². The van der Waals surface area contributed by atoms with Crippen molar-refractivity contribution in [2.24, 2.45) is 28.7 Å². The summed E-state index contributed by atoms with van der Waals surface area (Å²) in [6.07, 6.45) is 2.30. The molecule has 2 aliphatic rings. The molecule has 2 rings (SSSR count). The van der Waals surface area contributed by atoms with E-state index in [1.807, 2.05) is 0 Å². The van der Waals surface area contributed by atoms with Gasteiger partial charge in [0.25, 0.3) is 0 Å². The van der Waals surface area contributed by atoms with Crippen molar-refractivity contribution in [3.05, 3.63) is 0 Å². The third kappa shape index (κ3) is 0.798. The van der Waals surface area contributed by atoms with E-state index < -0.39 is 0 Å². The molecule has 2 nitrogen and oxygen atoms in total. The quantitative estimate of drug-likeness (QED) is 0.540. The van der Waals surface area contributed by atoms with Crippen molar-refractivity contribution in [2.75, 3.05) is 0 Å². The normalized spacial score (nSPS) is 53.5. The zero-order valence-corrected chi connectivity index (χ0v) is 7.38. The second kappa shape index (κ2) is 1.99. The molecule has 2 fully saturated rings. The van der Waals surface area contributed by atoms with Crippen molar-refractivity contribution in [1.29, 1.82) is 0 Å². The number of rotatable bonds is 0. The predicted octanol–water partition coefficient (Wildman–Crippen LogP) is 0.707. The van der Waals surface area contributed by atoms with Crippen LogP contribution in [0.4, 0.5) is 0 Å². The van der Waals surface area contributed by atoms with E-state index in [1.165, 1.54) is 0 Å². The van der Waals surface area contributed by atoms with E-state index >= 15 is 0 Å². The summed E-state index contributed by atoms with van der Waals surface area (Å²) in [5.41, 5.74) is 12.4. The lowest BCUT2D eigenvalue weighted by Crippen LogP contribution is -2.35. The van der Waals surface area contributed by atoms with E-state index in [0.717, 1.165) is 12.8 Å². The van der Waals surface area contributed by atoms with Gasteiger partial charge in [-0.25, -0.2) is 0 Å². The summed E-state index contributed by atoms with van der Waals surface area (Å²) in [6, 6.07) is 0.851. The molecule has 2 bridgehead atoms. The second-order valence-corrected chi connectivity index (χ2v) is 4.83. The van der Waals surface area contributed by atoms with Crippen molar-refractivity contribution in [3.8, 4) is 0 Å². The average molecular weight is 154 g/mol. The van der Waals surface area contributed by atoms with Crippen LogP contribution >= 0.6 is 0 Å². The largest absolute Gasteiger partial charge is 0.327 e. The number of hydrogen-bond acceptors (Lipinski definition) is 2. The first-order valence-electron chi connectivity index (χ1n) is 4.54. The molecule has 0 saturated heterocycles. The molecule has 0 aromatic carbocycles. The summed E-state index contributed by atoms with van der Waals surface area (Å²) < 4.78 is 0. The first kappa shape index (κ1) is 7.56. The third-order valence-corrected chi connectivity index (χ3v) is 4.00. The second-order valence-electron chi connectivity index (χ2n) is 4.83. The molecule has 2 heteroatoms. The average Bonchev–Trinajstić information content (AvgIpc) is 2.21. The lowest BCUT2D eigenvalue weighted by Gasteiger charge is -2.24. The maximum atomic E-state index is 6.00. The highest BCUT2D eigenvalue weighted by Crippen LogP contribution is 2.56. The number of hydrogen-bond donors (Lipinski definition) is 2.